The van der Waals surface area contributed by atoms with Crippen molar-refractivity contribution in [2.45, 2.75) is 48.7 Å². The van der Waals surface area contributed by atoms with E-state index in [0.29, 0.717) is 12.1 Å². The Morgan fingerprint density at radius 2 is 1.90 bits per heavy atom. The average Bonchev–Trinajstić information content (AvgIpc) is 2.66. The predicted molar refractivity (Wildman–Crippen MR) is 82.4 cm³/mol. The fourth-order valence-electron chi connectivity index (χ4n) is 3.22. The zero-order chi connectivity index (χ0) is 15.2. The van der Waals surface area contributed by atoms with E-state index in [4.69, 9.17) is 11.6 Å². The van der Waals surface area contributed by atoms with Crippen LogP contribution in [0, 0.1) is 5.82 Å². The van der Waals surface area contributed by atoms with Gasteiger partial charge in [0.05, 0.1) is 5.02 Å². The number of hydrogen-bond donors (Lipinski definition) is 2. The molecule has 0 amide bonds. The van der Waals surface area contributed by atoms with Gasteiger partial charge in [-0.05, 0) is 53.7 Å². The number of benzene rings is 1. The summed E-state index contributed by atoms with van der Waals surface area (Å²) < 4.78 is 41.1. The molecular formula is C13H15BrClFN2O2S. The molecule has 0 aromatic heterocycles. The van der Waals surface area contributed by atoms with Crippen LogP contribution < -0.4 is 10.0 Å². The Morgan fingerprint density at radius 3 is 2.48 bits per heavy atom. The van der Waals surface area contributed by atoms with Crippen LogP contribution in [0.4, 0.5) is 4.39 Å². The maximum Gasteiger partial charge on any atom is 0.243 e. The molecule has 0 radical (unpaired) electrons. The average molecular weight is 398 g/mol. The van der Waals surface area contributed by atoms with E-state index in [-0.39, 0.29) is 20.4 Å². The molecule has 3 rings (SSSR count). The maximum absolute atomic E-state index is 13.2. The van der Waals surface area contributed by atoms with Crippen molar-refractivity contribution in [3.63, 3.8) is 0 Å². The highest BCUT2D eigenvalue weighted by Crippen LogP contribution is 2.32. The highest BCUT2D eigenvalue weighted by molar-refractivity contribution is 9.10. The lowest BCUT2D eigenvalue weighted by atomic mass is 10.0. The van der Waals surface area contributed by atoms with Crippen molar-refractivity contribution in [2.75, 3.05) is 0 Å². The van der Waals surface area contributed by atoms with Gasteiger partial charge in [0.25, 0.3) is 0 Å². The van der Waals surface area contributed by atoms with Gasteiger partial charge < -0.3 is 5.32 Å². The number of rotatable bonds is 3. The molecule has 0 aliphatic carbocycles. The minimum atomic E-state index is -3.78. The minimum absolute atomic E-state index is 0.101. The van der Waals surface area contributed by atoms with E-state index in [0.717, 1.165) is 37.8 Å². The van der Waals surface area contributed by atoms with Crippen LogP contribution in [0.2, 0.25) is 5.02 Å². The van der Waals surface area contributed by atoms with Crippen molar-refractivity contribution in [1.29, 1.82) is 0 Å². The summed E-state index contributed by atoms with van der Waals surface area (Å²) in [7, 11) is -3.78. The minimum Gasteiger partial charge on any atom is -0.311 e. The Morgan fingerprint density at radius 1 is 1.29 bits per heavy atom. The van der Waals surface area contributed by atoms with Gasteiger partial charge >= 0.3 is 0 Å². The van der Waals surface area contributed by atoms with Crippen molar-refractivity contribution >= 4 is 37.6 Å². The summed E-state index contributed by atoms with van der Waals surface area (Å²) in [4.78, 5) is -0.101. The third-order valence-electron chi connectivity index (χ3n) is 4.03. The van der Waals surface area contributed by atoms with Crippen molar-refractivity contribution in [2.24, 2.45) is 0 Å². The van der Waals surface area contributed by atoms with Crippen LogP contribution in [0.15, 0.2) is 21.5 Å². The molecule has 0 saturated carbocycles. The quantitative estimate of drug-likeness (QED) is 0.824. The molecule has 2 aliphatic rings. The summed E-state index contributed by atoms with van der Waals surface area (Å²) in [5.41, 5.74) is 0. The van der Waals surface area contributed by atoms with Gasteiger partial charge in [-0.25, -0.2) is 17.5 Å². The Hall–Kier alpha value is -0.210. The van der Waals surface area contributed by atoms with Crippen LogP contribution in [-0.4, -0.2) is 26.5 Å². The number of halogens is 3. The second-order valence-corrected chi connectivity index (χ2v) is 8.54. The Balaban J connectivity index is 1.84. The zero-order valence-electron chi connectivity index (χ0n) is 11.1. The van der Waals surface area contributed by atoms with Gasteiger partial charge in [0.2, 0.25) is 10.0 Å². The topological polar surface area (TPSA) is 58.2 Å². The highest BCUT2D eigenvalue weighted by Gasteiger charge is 2.36. The largest absolute Gasteiger partial charge is 0.311 e. The molecule has 2 atom stereocenters. The lowest BCUT2D eigenvalue weighted by molar-refractivity contribution is 0.345. The normalized spacial score (nSPS) is 28.8. The van der Waals surface area contributed by atoms with Crippen molar-refractivity contribution < 1.29 is 12.8 Å². The van der Waals surface area contributed by atoms with E-state index >= 15 is 0 Å². The molecule has 116 valence electrons. The van der Waals surface area contributed by atoms with Crippen molar-refractivity contribution in [3.05, 3.63) is 27.4 Å². The Bertz CT molecular complexity index is 635. The van der Waals surface area contributed by atoms with Gasteiger partial charge in [0.1, 0.15) is 10.7 Å². The summed E-state index contributed by atoms with van der Waals surface area (Å²) in [6, 6.07) is 2.76. The van der Waals surface area contributed by atoms with E-state index in [1.165, 1.54) is 0 Å². The lowest BCUT2D eigenvalue weighted by Gasteiger charge is -2.29. The van der Waals surface area contributed by atoms with E-state index in [2.05, 4.69) is 26.0 Å². The van der Waals surface area contributed by atoms with Gasteiger partial charge in [-0.15, -0.1) is 0 Å². The third kappa shape index (κ3) is 3.27. The predicted octanol–water partition coefficient (Wildman–Crippen LogP) is 2.80. The van der Waals surface area contributed by atoms with E-state index < -0.39 is 15.8 Å². The van der Waals surface area contributed by atoms with Crippen LogP contribution in [0.25, 0.3) is 0 Å². The van der Waals surface area contributed by atoms with Gasteiger partial charge in [-0.2, -0.15) is 0 Å². The molecule has 2 aliphatic heterocycles. The molecule has 2 unspecified atom stereocenters. The molecular weight excluding hydrogens is 383 g/mol. The molecule has 2 fully saturated rings. The fourth-order valence-corrected chi connectivity index (χ4v) is 6.29. The second-order valence-electron chi connectivity index (χ2n) is 5.63. The van der Waals surface area contributed by atoms with Gasteiger partial charge in [0.15, 0.2) is 0 Å². The molecule has 2 bridgehead atoms. The molecule has 2 heterocycles. The highest BCUT2D eigenvalue weighted by atomic mass is 79.9. The van der Waals surface area contributed by atoms with E-state index in [1.54, 1.807) is 0 Å². The van der Waals surface area contributed by atoms with Crippen LogP contribution in [-0.2, 0) is 10.0 Å². The number of hydrogen-bond acceptors (Lipinski definition) is 3. The fraction of sp³-hybridized carbons (Fsp3) is 0.538. The first-order valence-electron chi connectivity index (χ1n) is 6.78. The molecule has 8 heteroatoms. The molecule has 4 nitrogen and oxygen atoms in total. The summed E-state index contributed by atoms with van der Waals surface area (Å²) in [6.45, 7) is 0. The molecule has 0 spiro atoms. The van der Waals surface area contributed by atoms with Crippen LogP contribution in [0.5, 0.6) is 0 Å². The monoisotopic (exact) mass is 396 g/mol. The Labute approximate surface area is 136 Å². The van der Waals surface area contributed by atoms with Crippen LogP contribution in [0.3, 0.4) is 0 Å². The number of sulfonamides is 1. The molecule has 1 aromatic rings. The van der Waals surface area contributed by atoms with Gasteiger partial charge in [0, 0.05) is 22.6 Å². The standard InChI is InChI=1S/C13H15BrClFN2O2S/c14-11-3-7(16)4-12(15)13(11)21(19,20)18-10-5-8-1-2-9(6-10)17-8/h3-4,8-10,17-18H,1-2,5-6H2. The second kappa shape index (κ2) is 5.77. The lowest BCUT2D eigenvalue weighted by Crippen LogP contribution is -2.48. The summed E-state index contributed by atoms with van der Waals surface area (Å²) in [6.07, 6.45) is 3.71. The van der Waals surface area contributed by atoms with Crippen molar-refractivity contribution in [1.82, 2.24) is 10.0 Å². The smallest absolute Gasteiger partial charge is 0.243 e. The first-order chi connectivity index (χ1) is 9.85. The van der Waals surface area contributed by atoms with Gasteiger partial charge in [-0.1, -0.05) is 11.6 Å². The molecule has 1 aromatic carbocycles. The van der Waals surface area contributed by atoms with Gasteiger partial charge in [-0.3, -0.25) is 0 Å². The van der Waals surface area contributed by atoms with Crippen LogP contribution >= 0.6 is 27.5 Å². The Kier molecular flexibility index (Phi) is 4.31. The number of nitrogens with one attached hydrogen (secondary N) is 2. The number of piperidine rings is 1. The summed E-state index contributed by atoms with van der Waals surface area (Å²) in [5.74, 6) is -0.578. The maximum atomic E-state index is 13.2. The number of fused-ring (bicyclic) bond motifs is 2. The molecule has 21 heavy (non-hydrogen) atoms. The SMILES string of the molecule is O=S(=O)(NC1CC2CCC(C1)N2)c1c(Cl)cc(F)cc1Br. The van der Waals surface area contributed by atoms with Crippen molar-refractivity contribution in [3.8, 4) is 0 Å². The molecule has 2 N–H and O–H groups in total. The third-order valence-corrected chi connectivity index (χ3v) is 6.95. The van der Waals surface area contributed by atoms with E-state index in [9.17, 15) is 12.8 Å². The summed E-state index contributed by atoms with van der Waals surface area (Å²) in [5, 5.41) is 3.34. The first-order valence-corrected chi connectivity index (χ1v) is 9.43. The molecule has 2 saturated heterocycles. The van der Waals surface area contributed by atoms with E-state index in [1.807, 2.05) is 0 Å². The summed E-state index contributed by atoms with van der Waals surface area (Å²) >= 11 is 8.98. The first kappa shape index (κ1) is 15.7. The zero-order valence-corrected chi connectivity index (χ0v) is 14.2. The van der Waals surface area contributed by atoms with Crippen LogP contribution in [0.1, 0.15) is 25.7 Å².